The van der Waals surface area contributed by atoms with Crippen LogP contribution < -0.4 is 24.8 Å². The molecular formula is C28H27ClN4O4. The molecule has 9 heteroatoms. The summed E-state index contributed by atoms with van der Waals surface area (Å²) in [5.74, 6) is 2.24. The van der Waals surface area contributed by atoms with Crippen LogP contribution in [-0.4, -0.2) is 43.0 Å². The fourth-order valence-corrected chi connectivity index (χ4v) is 4.55. The van der Waals surface area contributed by atoms with E-state index in [1.54, 1.807) is 26.5 Å². The minimum Gasteiger partial charge on any atom is -0.497 e. The van der Waals surface area contributed by atoms with Gasteiger partial charge in [-0.1, -0.05) is 17.7 Å². The molecule has 4 aromatic rings. The lowest BCUT2D eigenvalue weighted by Gasteiger charge is -2.25. The molecule has 1 saturated heterocycles. The van der Waals surface area contributed by atoms with E-state index in [4.69, 9.17) is 25.8 Å². The van der Waals surface area contributed by atoms with Crippen molar-refractivity contribution in [1.29, 1.82) is 0 Å². The first-order valence-corrected chi connectivity index (χ1v) is 12.4. The molecular weight excluding hydrogens is 492 g/mol. The van der Waals surface area contributed by atoms with Gasteiger partial charge in [-0.25, -0.2) is 0 Å². The first-order valence-electron chi connectivity index (χ1n) is 12.0. The summed E-state index contributed by atoms with van der Waals surface area (Å²) in [6.45, 7) is 1.03. The molecule has 1 fully saturated rings. The third-order valence-corrected chi connectivity index (χ3v) is 6.61. The molecule has 1 aromatic heterocycles. The van der Waals surface area contributed by atoms with Crippen LogP contribution in [0.2, 0.25) is 5.02 Å². The van der Waals surface area contributed by atoms with Crippen LogP contribution in [0.25, 0.3) is 22.0 Å². The van der Waals surface area contributed by atoms with E-state index in [1.165, 1.54) is 0 Å². The molecule has 8 nitrogen and oxygen atoms in total. The number of hydrogen-bond acceptors (Lipinski definition) is 7. The normalized spacial score (nSPS) is 15.2. The number of carbonyl (C=O) groups excluding carboxylic acids is 1. The van der Waals surface area contributed by atoms with Crippen LogP contribution in [0.4, 0.5) is 5.69 Å². The number of aromatic nitrogens is 2. The molecule has 1 aliphatic heterocycles. The maximum atomic E-state index is 11.5. The second-order valence-corrected chi connectivity index (χ2v) is 9.18. The van der Waals surface area contributed by atoms with E-state index in [1.807, 2.05) is 48.5 Å². The zero-order chi connectivity index (χ0) is 25.8. The highest BCUT2D eigenvalue weighted by Gasteiger charge is 2.21. The molecule has 0 radical (unpaired) electrons. The van der Waals surface area contributed by atoms with Crippen molar-refractivity contribution < 1.29 is 19.0 Å². The Kier molecular flexibility index (Phi) is 7.28. The topological polar surface area (TPSA) is 94.6 Å². The SMILES string of the molecule is COc1ccc(CNc2cnnc3cc(-c4cc(Cl)ccc4OC4CCC(=O)NC4)ccc23)c(OC)c1. The number of amides is 1. The fraction of sp³-hybridized carbons (Fsp3) is 0.250. The zero-order valence-electron chi connectivity index (χ0n) is 20.6. The summed E-state index contributed by atoms with van der Waals surface area (Å²) in [5, 5.41) is 16.4. The van der Waals surface area contributed by atoms with Crippen LogP contribution in [0, 0.1) is 0 Å². The van der Waals surface area contributed by atoms with E-state index in [0.717, 1.165) is 44.8 Å². The summed E-state index contributed by atoms with van der Waals surface area (Å²) >= 11 is 6.35. The maximum Gasteiger partial charge on any atom is 0.220 e. The maximum absolute atomic E-state index is 11.5. The Morgan fingerprint density at radius 3 is 2.73 bits per heavy atom. The van der Waals surface area contributed by atoms with Crippen molar-refractivity contribution in [2.45, 2.75) is 25.5 Å². The summed E-state index contributed by atoms with van der Waals surface area (Å²) < 4.78 is 17.1. The number of methoxy groups -OCH3 is 2. The van der Waals surface area contributed by atoms with E-state index >= 15 is 0 Å². The minimum absolute atomic E-state index is 0.0548. The molecule has 3 aromatic carbocycles. The van der Waals surface area contributed by atoms with Gasteiger partial charge in [0.15, 0.2) is 0 Å². The number of fused-ring (bicyclic) bond motifs is 1. The van der Waals surface area contributed by atoms with Gasteiger partial charge in [-0.3, -0.25) is 4.79 Å². The predicted octanol–water partition coefficient (Wildman–Crippen LogP) is 5.24. The minimum atomic E-state index is -0.0939. The van der Waals surface area contributed by atoms with Gasteiger partial charge in [-0.05, 0) is 54.4 Å². The van der Waals surface area contributed by atoms with Crippen molar-refractivity contribution >= 4 is 34.1 Å². The second-order valence-electron chi connectivity index (χ2n) is 8.74. The number of nitrogens with one attached hydrogen (secondary N) is 2. The van der Waals surface area contributed by atoms with Crippen molar-refractivity contribution in [2.75, 3.05) is 26.1 Å². The van der Waals surface area contributed by atoms with Gasteiger partial charge in [0.25, 0.3) is 0 Å². The number of hydrogen-bond donors (Lipinski definition) is 2. The molecule has 190 valence electrons. The molecule has 0 spiro atoms. The van der Waals surface area contributed by atoms with Crippen LogP contribution in [0.15, 0.2) is 60.8 Å². The van der Waals surface area contributed by atoms with Crippen molar-refractivity contribution in [2.24, 2.45) is 0 Å². The average Bonchev–Trinajstić information content (AvgIpc) is 2.93. The fourth-order valence-electron chi connectivity index (χ4n) is 4.38. The Morgan fingerprint density at radius 2 is 1.95 bits per heavy atom. The first-order chi connectivity index (χ1) is 18.0. The van der Waals surface area contributed by atoms with E-state index in [2.05, 4.69) is 20.8 Å². The van der Waals surface area contributed by atoms with Gasteiger partial charge >= 0.3 is 0 Å². The third-order valence-electron chi connectivity index (χ3n) is 6.37. The Balaban J connectivity index is 1.41. The number of carbonyl (C=O) groups is 1. The van der Waals surface area contributed by atoms with Gasteiger partial charge in [-0.2, -0.15) is 10.2 Å². The van der Waals surface area contributed by atoms with E-state index in [0.29, 0.717) is 36.7 Å². The quantitative estimate of drug-likeness (QED) is 0.329. The molecule has 2 heterocycles. The predicted molar refractivity (Wildman–Crippen MR) is 144 cm³/mol. The number of benzene rings is 3. The number of nitrogens with zero attached hydrogens (tertiary/aromatic N) is 2. The van der Waals surface area contributed by atoms with Gasteiger partial charge in [0.2, 0.25) is 5.91 Å². The Bertz CT molecular complexity index is 1440. The summed E-state index contributed by atoms with van der Waals surface area (Å²) in [6.07, 6.45) is 2.75. The molecule has 0 saturated carbocycles. The molecule has 1 unspecified atom stereocenters. The highest BCUT2D eigenvalue weighted by Crippen LogP contribution is 2.36. The van der Waals surface area contributed by atoms with Gasteiger partial charge in [0.1, 0.15) is 23.4 Å². The first kappa shape index (κ1) is 24.6. The smallest absolute Gasteiger partial charge is 0.220 e. The second kappa shape index (κ2) is 10.9. The monoisotopic (exact) mass is 518 g/mol. The highest BCUT2D eigenvalue weighted by molar-refractivity contribution is 6.31. The van der Waals surface area contributed by atoms with E-state index < -0.39 is 0 Å². The summed E-state index contributed by atoms with van der Waals surface area (Å²) in [7, 11) is 3.27. The van der Waals surface area contributed by atoms with Gasteiger partial charge in [0.05, 0.1) is 38.2 Å². The molecule has 0 aliphatic carbocycles. The Hall–Kier alpha value is -4.04. The third kappa shape index (κ3) is 5.54. The van der Waals surface area contributed by atoms with Gasteiger partial charge in [0, 0.05) is 40.6 Å². The van der Waals surface area contributed by atoms with Crippen molar-refractivity contribution in [1.82, 2.24) is 15.5 Å². The van der Waals surface area contributed by atoms with Crippen LogP contribution >= 0.6 is 11.6 Å². The van der Waals surface area contributed by atoms with Crippen LogP contribution in [0.3, 0.4) is 0 Å². The molecule has 5 rings (SSSR count). The molecule has 1 amide bonds. The summed E-state index contributed by atoms with van der Waals surface area (Å²) in [6, 6.07) is 17.3. The molecule has 1 atom stereocenters. The molecule has 2 N–H and O–H groups in total. The number of halogens is 1. The summed E-state index contributed by atoms with van der Waals surface area (Å²) in [4.78, 5) is 11.5. The largest absolute Gasteiger partial charge is 0.497 e. The molecule has 37 heavy (non-hydrogen) atoms. The zero-order valence-corrected chi connectivity index (χ0v) is 21.3. The van der Waals surface area contributed by atoms with E-state index in [-0.39, 0.29) is 12.0 Å². The number of anilines is 1. The van der Waals surface area contributed by atoms with Gasteiger partial charge in [-0.15, -0.1) is 0 Å². The molecule has 0 bridgehead atoms. The number of rotatable bonds is 8. The van der Waals surface area contributed by atoms with Crippen LogP contribution in [-0.2, 0) is 11.3 Å². The molecule has 1 aliphatic rings. The Labute approximate surface area is 219 Å². The van der Waals surface area contributed by atoms with Crippen molar-refractivity contribution in [3.8, 4) is 28.4 Å². The standard InChI is InChI=1S/C28H27ClN4O4/c1-35-20-6-3-18(27(13-20)36-2)14-30-25-16-32-33-24-11-17(4-8-22(24)25)23-12-19(29)5-9-26(23)37-21-7-10-28(34)31-15-21/h3-6,8-9,11-13,16,21H,7,10,14-15H2,1-2H3,(H,30,33)(H,31,34). The lowest BCUT2D eigenvalue weighted by atomic mass is 10.0. The van der Waals surface area contributed by atoms with Crippen LogP contribution in [0.1, 0.15) is 18.4 Å². The number of piperidine rings is 1. The Morgan fingerprint density at radius 1 is 1.05 bits per heavy atom. The van der Waals surface area contributed by atoms with E-state index in [9.17, 15) is 4.79 Å². The summed E-state index contributed by atoms with van der Waals surface area (Å²) in [5.41, 5.74) is 4.35. The highest BCUT2D eigenvalue weighted by atomic mass is 35.5. The van der Waals surface area contributed by atoms with Crippen LogP contribution in [0.5, 0.6) is 17.2 Å². The van der Waals surface area contributed by atoms with Crippen molar-refractivity contribution in [3.63, 3.8) is 0 Å². The lowest BCUT2D eigenvalue weighted by molar-refractivity contribution is -0.123. The van der Waals surface area contributed by atoms with Crippen molar-refractivity contribution in [3.05, 3.63) is 71.4 Å². The average molecular weight is 519 g/mol. The number of ether oxygens (including phenoxy) is 3. The lowest BCUT2D eigenvalue weighted by Crippen LogP contribution is -2.40. The van der Waals surface area contributed by atoms with Gasteiger partial charge < -0.3 is 24.8 Å².